The number of nitrogens with zero attached hydrogens (tertiary/aromatic N) is 4. The normalized spacial score (nSPS) is 19.2. The zero-order chi connectivity index (χ0) is 19.4. The van der Waals surface area contributed by atoms with Crippen LogP contribution in [0.3, 0.4) is 0 Å². The van der Waals surface area contributed by atoms with Crippen molar-refractivity contribution in [3.05, 3.63) is 35.2 Å². The summed E-state index contributed by atoms with van der Waals surface area (Å²) in [6.07, 6.45) is 3.17. The standard InChI is InChI=1S/C19H29N5O3/c1-5-26-13(2)18-21-17(27-22-18)12-24-11-7-6-8-15(24)14-9-10-16(23(14)4)19(25)20-3/h9-10,13,15H,5-8,11-12H2,1-4H3,(H,20,25)/t13-,15+/m1/s1. The number of nitrogens with one attached hydrogen (secondary N) is 1. The fraction of sp³-hybridized carbons (Fsp3) is 0.632. The summed E-state index contributed by atoms with van der Waals surface area (Å²) in [5.41, 5.74) is 1.80. The van der Waals surface area contributed by atoms with E-state index < -0.39 is 0 Å². The Kier molecular flexibility index (Phi) is 6.28. The number of carbonyl (C=O) groups is 1. The molecule has 1 N–H and O–H groups in total. The van der Waals surface area contributed by atoms with E-state index in [1.165, 1.54) is 0 Å². The van der Waals surface area contributed by atoms with Crippen molar-refractivity contribution < 1.29 is 14.1 Å². The van der Waals surface area contributed by atoms with E-state index in [0.29, 0.717) is 30.6 Å². The van der Waals surface area contributed by atoms with E-state index in [-0.39, 0.29) is 18.1 Å². The van der Waals surface area contributed by atoms with Crippen LogP contribution in [0, 0.1) is 0 Å². The Hall–Kier alpha value is -2.19. The van der Waals surface area contributed by atoms with Gasteiger partial charge in [-0.25, -0.2) is 0 Å². The summed E-state index contributed by atoms with van der Waals surface area (Å²) < 4.78 is 13.0. The topological polar surface area (TPSA) is 85.4 Å². The lowest BCUT2D eigenvalue weighted by Gasteiger charge is -2.35. The zero-order valence-electron chi connectivity index (χ0n) is 16.6. The molecule has 1 fully saturated rings. The molecule has 0 radical (unpaired) electrons. The summed E-state index contributed by atoms with van der Waals surface area (Å²) in [6, 6.07) is 4.15. The number of rotatable bonds is 7. The second-order valence-corrected chi connectivity index (χ2v) is 6.91. The maximum atomic E-state index is 12.0. The number of carbonyl (C=O) groups excluding carboxylic acids is 1. The van der Waals surface area contributed by atoms with Crippen LogP contribution in [0.25, 0.3) is 0 Å². The Balaban J connectivity index is 1.77. The fourth-order valence-electron chi connectivity index (χ4n) is 3.73. The van der Waals surface area contributed by atoms with Crippen LogP contribution in [0.2, 0.25) is 0 Å². The molecule has 3 heterocycles. The maximum Gasteiger partial charge on any atom is 0.267 e. The van der Waals surface area contributed by atoms with Crippen LogP contribution >= 0.6 is 0 Å². The second-order valence-electron chi connectivity index (χ2n) is 6.91. The Bertz CT molecular complexity index is 769. The van der Waals surface area contributed by atoms with Crippen LogP contribution < -0.4 is 5.32 Å². The van der Waals surface area contributed by atoms with Crippen molar-refractivity contribution in [2.75, 3.05) is 20.2 Å². The lowest BCUT2D eigenvalue weighted by molar-refractivity contribution is 0.0683. The Labute approximate surface area is 159 Å². The Morgan fingerprint density at radius 2 is 2.26 bits per heavy atom. The van der Waals surface area contributed by atoms with Gasteiger partial charge in [0.1, 0.15) is 11.8 Å². The summed E-state index contributed by atoms with van der Waals surface area (Å²) in [7, 11) is 3.60. The Morgan fingerprint density at radius 3 is 3.00 bits per heavy atom. The molecule has 8 nitrogen and oxygen atoms in total. The van der Waals surface area contributed by atoms with Gasteiger partial charge in [-0.05, 0) is 45.4 Å². The van der Waals surface area contributed by atoms with Gasteiger partial charge >= 0.3 is 0 Å². The third-order valence-corrected chi connectivity index (χ3v) is 5.18. The maximum absolute atomic E-state index is 12.0. The molecule has 2 atom stereocenters. The number of hydrogen-bond donors (Lipinski definition) is 1. The molecule has 0 bridgehead atoms. The SMILES string of the molecule is CCO[C@H](C)c1noc(CN2CCCC[C@H]2c2ccc(C(=O)NC)n2C)n1. The highest BCUT2D eigenvalue weighted by atomic mass is 16.5. The van der Waals surface area contributed by atoms with Gasteiger partial charge in [0.2, 0.25) is 5.89 Å². The van der Waals surface area contributed by atoms with Crippen molar-refractivity contribution in [3.63, 3.8) is 0 Å². The minimum absolute atomic E-state index is 0.0717. The van der Waals surface area contributed by atoms with Crippen LogP contribution in [0.1, 0.15) is 73.2 Å². The number of aromatic nitrogens is 3. The van der Waals surface area contributed by atoms with E-state index in [1.54, 1.807) is 7.05 Å². The quantitative estimate of drug-likeness (QED) is 0.801. The van der Waals surface area contributed by atoms with Crippen molar-refractivity contribution in [2.24, 2.45) is 7.05 Å². The van der Waals surface area contributed by atoms with Gasteiger partial charge in [0, 0.05) is 26.4 Å². The fourth-order valence-corrected chi connectivity index (χ4v) is 3.73. The molecule has 0 aliphatic carbocycles. The van der Waals surface area contributed by atoms with Crippen molar-refractivity contribution in [2.45, 2.75) is 51.8 Å². The lowest BCUT2D eigenvalue weighted by Crippen LogP contribution is -2.34. The molecule has 2 aromatic rings. The predicted molar refractivity (Wildman–Crippen MR) is 100 cm³/mol. The summed E-state index contributed by atoms with van der Waals surface area (Å²) in [4.78, 5) is 18.9. The molecular weight excluding hydrogens is 346 g/mol. The van der Waals surface area contributed by atoms with Gasteiger partial charge in [-0.1, -0.05) is 11.6 Å². The number of piperidine rings is 1. The molecule has 0 aromatic carbocycles. The predicted octanol–water partition coefficient (Wildman–Crippen LogP) is 2.59. The van der Waals surface area contributed by atoms with Crippen molar-refractivity contribution >= 4 is 5.91 Å². The third kappa shape index (κ3) is 4.22. The molecule has 1 amide bonds. The monoisotopic (exact) mass is 375 g/mol. The number of ether oxygens (including phenoxy) is 1. The van der Waals surface area contributed by atoms with E-state index in [9.17, 15) is 4.79 Å². The van der Waals surface area contributed by atoms with Gasteiger partial charge in [-0.15, -0.1) is 0 Å². The minimum Gasteiger partial charge on any atom is -0.371 e. The Morgan fingerprint density at radius 1 is 1.44 bits per heavy atom. The van der Waals surface area contributed by atoms with Gasteiger partial charge in [0.05, 0.1) is 12.6 Å². The lowest BCUT2D eigenvalue weighted by atomic mass is 9.99. The van der Waals surface area contributed by atoms with Crippen LogP contribution in [0.4, 0.5) is 0 Å². The summed E-state index contributed by atoms with van der Waals surface area (Å²) in [5, 5.41) is 6.75. The summed E-state index contributed by atoms with van der Waals surface area (Å²) in [6.45, 7) is 6.04. The first-order chi connectivity index (χ1) is 13.0. The molecule has 1 saturated heterocycles. The van der Waals surface area contributed by atoms with Gasteiger partial charge in [0.15, 0.2) is 5.82 Å². The van der Waals surface area contributed by atoms with Gasteiger partial charge in [0.25, 0.3) is 5.91 Å². The third-order valence-electron chi connectivity index (χ3n) is 5.18. The molecule has 0 saturated carbocycles. The summed E-state index contributed by atoms with van der Waals surface area (Å²) >= 11 is 0. The molecule has 3 rings (SSSR count). The van der Waals surface area contributed by atoms with Crippen LogP contribution in [-0.2, 0) is 18.3 Å². The van der Waals surface area contributed by atoms with Crippen LogP contribution in [-0.4, -0.2) is 45.7 Å². The number of amides is 1. The molecule has 1 aliphatic heterocycles. The minimum atomic E-state index is -0.173. The van der Waals surface area contributed by atoms with Gasteiger partial charge in [-0.3, -0.25) is 9.69 Å². The number of likely N-dealkylation sites (tertiary alicyclic amines) is 1. The largest absolute Gasteiger partial charge is 0.371 e. The molecule has 8 heteroatoms. The smallest absolute Gasteiger partial charge is 0.267 e. The van der Waals surface area contributed by atoms with Gasteiger partial charge in [-0.2, -0.15) is 4.98 Å². The molecule has 1 aliphatic rings. The summed E-state index contributed by atoms with van der Waals surface area (Å²) in [5.74, 6) is 1.11. The van der Waals surface area contributed by atoms with E-state index in [1.807, 2.05) is 37.6 Å². The van der Waals surface area contributed by atoms with Crippen LogP contribution in [0.15, 0.2) is 16.7 Å². The van der Waals surface area contributed by atoms with Crippen LogP contribution in [0.5, 0.6) is 0 Å². The molecule has 27 heavy (non-hydrogen) atoms. The first-order valence-electron chi connectivity index (χ1n) is 9.61. The van der Waals surface area contributed by atoms with Crippen molar-refractivity contribution in [1.29, 1.82) is 0 Å². The molecule has 0 unspecified atom stereocenters. The molecule has 148 valence electrons. The van der Waals surface area contributed by atoms with Crippen molar-refractivity contribution in [3.8, 4) is 0 Å². The van der Waals surface area contributed by atoms with Crippen molar-refractivity contribution in [1.82, 2.24) is 24.9 Å². The highest BCUT2D eigenvalue weighted by Crippen LogP contribution is 2.33. The van der Waals surface area contributed by atoms with E-state index in [0.717, 1.165) is 31.5 Å². The average molecular weight is 375 g/mol. The van der Waals surface area contributed by atoms with E-state index in [4.69, 9.17) is 9.26 Å². The van der Waals surface area contributed by atoms with E-state index >= 15 is 0 Å². The molecule has 2 aromatic heterocycles. The molecule has 0 spiro atoms. The highest BCUT2D eigenvalue weighted by Gasteiger charge is 2.29. The zero-order valence-corrected chi connectivity index (χ0v) is 16.6. The second kappa shape index (κ2) is 8.67. The first-order valence-corrected chi connectivity index (χ1v) is 9.61. The average Bonchev–Trinajstić information content (AvgIpc) is 3.29. The molecular formula is C19H29N5O3. The van der Waals surface area contributed by atoms with E-state index in [2.05, 4.69) is 20.4 Å². The number of hydrogen-bond acceptors (Lipinski definition) is 6. The van der Waals surface area contributed by atoms with Gasteiger partial charge < -0.3 is 19.1 Å². The highest BCUT2D eigenvalue weighted by molar-refractivity contribution is 5.92. The first kappa shape index (κ1) is 19.6.